The molecule has 5 heteroatoms. The van der Waals surface area contributed by atoms with Crippen LogP contribution in [0.2, 0.25) is 0 Å². The number of nitrogens with zero attached hydrogens (tertiary/aromatic N) is 2. The first kappa shape index (κ1) is 16.2. The number of nitrogen functional groups attached to an aromatic ring is 1. The van der Waals surface area contributed by atoms with Crippen molar-refractivity contribution in [2.75, 3.05) is 48.3 Å². The third-order valence-corrected chi connectivity index (χ3v) is 4.26. The molecule has 3 rings (SSSR count). The molecule has 1 heterocycles. The van der Waals surface area contributed by atoms with E-state index in [1.165, 1.54) is 5.69 Å². The second kappa shape index (κ2) is 7.25. The van der Waals surface area contributed by atoms with Gasteiger partial charge in [0.25, 0.3) is 0 Å². The second-order valence-corrected chi connectivity index (χ2v) is 5.81. The van der Waals surface area contributed by atoms with Crippen molar-refractivity contribution in [2.24, 2.45) is 0 Å². The van der Waals surface area contributed by atoms with Crippen molar-refractivity contribution in [3.8, 4) is 0 Å². The molecule has 0 aliphatic carbocycles. The smallest absolute Gasteiger partial charge is 0.340 e. The maximum absolute atomic E-state index is 12.2. The van der Waals surface area contributed by atoms with Crippen LogP contribution in [0.3, 0.4) is 0 Å². The van der Waals surface area contributed by atoms with Crippen LogP contribution >= 0.6 is 0 Å². The molecule has 126 valence electrons. The maximum Gasteiger partial charge on any atom is 0.340 e. The first-order valence-electron chi connectivity index (χ1n) is 8.30. The maximum atomic E-state index is 12.2. The van der Waals surface area contributed by atoms with Gasteiger partial charge in [0, 0.05) is 37.6 Å². The highest BCUT2D eigenvalue weighted by Gasteiger charge is 2.22. The van der Waals surface area contributed by atoms with Gasteiger partial charge in [-0.3, -0.25) is 0 Å². The van der Waals surface area contributed by atoms with Crippen LogP contribution < -0.4 is 15.5 Å². The van der Waals surface area contributed by atoms with E-state index in [0.29, 0.717) is 17.9 Å². The average molecular weight is 325 g/mol. The highest BCUT2D eigenvalue weighted by atomic mass is 16.5. The fourth-order valence-electron chi connectivity index (χ4n) is 3.05. The lowest BCUT2D eigenvalue weighted by Crippen LogP contribution is -2.47. The molecule has 0 atom stereocenters. The minimum absolute atomic E-state index is 0.315. The minimum Gasteiger partial charge on any atom is -0.462 e. The van der Waals surface area contributed by atoms with Gasteiger partial charge in [0.05, 0.1) is 17.9 Å². The number of carbonyl (C=O) groups is 1. The van der Waals surface area contributed by atoms with Crippen LogP contribution in [-0.4, -0.2) is 38.8 Å². The summed E-state index contributed by atoms with van der Waals surface area (Å²) in [6, 6.07) is 15.9. The Morgan fingerprint density at radius 2 is 1.71 bits per heavy atom. The van der Waals surface area contributed by atoms with Crippen molar-refractivity contribution in [1.29, 1.82) is 0 Å². The van der Waals surface area contributed by atoms with Crippen LogP contribution in [-0.2, 0) is 4.74 Å². The Kier molecular flexibility index (Phi) is 4.89. The van der Waals surface area contributed by atoms with Crippen LogP contribution in [0.15, 0.2) is 48.5 Å². The topological polar surface area (TPSA) is 58.8 Å². The number of hydrogen-bond donors (Lipinski definition) is 1. The summed E-state index contributed by atoms with van der Waals surface area (Å²) in [4.78, 5) is 16.8. The number of nitrogens with two attached hydrogens (primary N) is 1. The summed E-state index contributed by atoms with van der Waals surface area (Å²) in [6.07, 6.45) is 0. The zero-order chi connectivity index (χ0) is 16.9. The SMILES string of the molecule is CCOC(=O)c1cc(N)ccc1N1CCN(c2ccccc2)CC1. The zero-order valence-electron chi connectivity index (χ0n) is 13.9. The Morgan fingerprint density at radius 3 is 2.38 bits per heavy atom. The molecule has 0 unspecified atom stereocenters. The largest absolute Gasteiger partial charge is 0.462 e. The Bertz CT molecular complexity index is 695. The molecule has 1 aliphatic rings. The number of esters is 1. The predicted octanol–water partition coefficient (Wildman–Crippen LogP) is 2.77. The first-order chi connectivity index (χ1) is 11.7. The van der Waals surface area contributed by atoms with Gasteiger partial charge in [0.15, 0.2) is 0 Å². The van der Waals surface area contributed by atoms with Gasteiger partial charge in [0.2, 0.25) is 0 Å². The van der Waals surface area contributed by atoms with E-state index in [4.69, 9.17) is 10.5 Å². The Hall–Kier alpha value is -2.69. The quantitative estimate of drug-likeness (QED) is 0.692. The Labute approximate surface area is 142 Å². The Balaban J connectivity index is 1.75. The monoisotopic (exact) mass is 325 g/mol. The number of benzene rings is 2. The third kappa shape index (κ3) is 3.45. The molecule has 2 aromatic carbocycles. The van der Waals surface area contributed by atoms with E-state index >= 15 is 0 Å². The molecular formula is C19H23N3O2. The highest BCUT2D eigenvalue weighted by Crippen LogP contribution is 2.26. The van der Waals surface area contributed by atoms with Gasteiger partial charge in [-0.1, -0.05) is 18.2 Å². The number of para-hydroxylation sites is 1. The first-order valence-corrected chi connectivity index (χ1v) is 8.30. The summed E-state index contributed by atoms with van der Waals surface area (Å²) in [7, 11) is 0. The lowest BCUT2D eigenvalue weighted by molar-refractivity contribution is 0.0527. The van der Waals surface area contributed by atoms with E-state index in [1.807, 2.05) is 25.1 Å². The predicted molar refractivity (Wildman–Crippen MR) is 97.7 cm³/mol. The van der Waals surface area contributed by atoms with E-state index in [9.17, 15) is 4.79 Å². The molecule has 0 spiro atoms. The van der Waals surface area contributed by atoms with E-state index < -0.39 is 0 Å². The molecule has 0 bridgehead atoms. The van der Waals surface area contributed by atoms with Gasteiger partial charge in [-0.25, -0.2) is 4.79 Å². The molecule has 0 radical (unpaired) electrons. The minimum atomic E-state index is -0.315. The van der Waals surface area contributed by atoms with Crippen LogP contribution in [0.1, 0.15) is 17.3 Å². The molecule has 0 saturated carbocycles. The molecule has 1 saturated heterocycles. The number of rotatable bonds is 4. The summed E-state index contributed by atoms with van der Waals surface area (Å²) >= 11 is 0. The molecule has 2 N–H and O–H groups in total. The lowest BCUT2D eigenvalue weighted by Gasteiger charge is -2.38. The highest BCUT2D eigenvalue weighted by molar-refractivity contribution is 5.97. The standard InChI is InChI=1S/C19H23N3O2/c1-2-24-19(23)17-14-15(20)8-9-18(17)22-12-10-21(11-13-22)16-6-4-3-5-7-16/h3-9,14H,2,10-13,20H2,1H3. The number of anilines is 3. The van der Waals surface area contributed by atoms with E-state index in [1.54, 1.807) is 6.07 Å². The van der Waals surface area contributed by atoms with E-state index in [0.717, 1.165) is 31.9 Å². The van der Waals surface area contributed by atoms with Crippen molar-refractivity contribution < 1.29 is 9.53 Å². The average Bonchev–Trinajstić information content (AvgIpc) is 2.63. The summed E-state index contributed by atoms with van der Waals surface area (Å²) in [5.74, 6) is -0.315. The number of ether oxygens (including phenoxy) is 1. The molecule has 5 nitrogen and oxygen atoms in total. The molecule has 24 heavy (non-hydrogen) atoms. The molecular weight excluding hydrogens is 302 g/mol. The fraction of sp³-hybridized carbons (Fsp3) is 0.316. The number of hydrogen-bond acceptors (Lipinski definition) is 5. The molecule has 0 amide bonds. The third-order valence-electron chi connectivity index (χ3n) is 4.26. The van der Waals surface area contributed by atoms with Gasteiger partial charge in [-0.2, -0.15) is 0 Å². The summed E-state index contributed by atoms with van der Waals surface area (Å²) in [5.41, 5.74) is 9.11. The fourth-order valence-corrected chi connectivity index (χ4v) is 3.05. The van der Waals surface area contributed by atoms with E-state index in [-0.39, 0.29) is 5.97 Å². The number of carbonyl (C=O) groups excluding carboxylic acids is 1. The van der Waals surface area contributed by atoms with Gasteiger partial charge in [-0.05, 0) is 37.3 Å². The van der Waals surface area contributed by atoms with Crippen molar-refractivity contribution >= 4 is 23.0 Å². The molecule has 0 aromatic heterocycles. The van der Waals surface area contributed by atoms with Gasteiger partial charge in [0.1, 0.15) is 0 Å². The van der Waals surface area contributed by atoms with Crippen molar-refractivity contribution in [3.63, 3.8) is 0 Å². The van der Waals surface area contributed by atoms with Crippen LogP contribution in [0.25, 0.3) is 0 Å². The van der Waals surface area contributed by atoms with Crippen molar-refractivity contribution in [2.45, 2.75) is 6.92 Å². The van der Waals surface area contributed by atoms with Gasteiger partial charge in [-0.15, -0.1) is 0 Å². The lowest BCUT2D eigenvalue weighted by atomic mass is 10.1. The molecule has 1 aliphatic heterocycles. The normalized spacial score (nSPS) is 14.5. The van der Waals surface area contributed by atoms with Crippen LogP contribution in [0.4, 0.5) is 17.1 Å². The summed E-state index contributed by atoms with van der Waals surface area (Å²) in [6.45, 7) is 5.70. The van der Waals surface area contributed by atoms with Crippen molar-refractivity contribution in [3.05, 3.63) is 54.1 Å². The number of piperazine rings is 1. The molecule has 1 fully saturated rings. The van der Waals surface area contributed by atoms with Gasteiger partial charge < -0.3 is 20.3 Å². The Morgan fingerprint density at radius 1 is 1.04 bits per heavy atom. The zero-order valence-corrected chi connectivity index (χ0v) is 13.9. The summed E-state index contributed by atoms with van der Waals surface area (Å²) < 4.78 is 5.17. The van der Waals surface area contributed by atoms with Gasteiger partial charge >= 0.3 is 5.97 Å². The van der Waals surface area contributed by atoms with E-state index in [2.05, 4.69) is 34.1 Å². The van der Waals surface area contributed by atoms with Crippen LogP contribution in [0, 0.1) is 0 Å². The summed E-state index contributed by atoms with van der Waals surface area (Å²) in [5, 5.41) is 0. The second-order valence-electron chi connectivity index (χ2n) is 5.81. The van der Waals surface area contributed by atoms with Crippen LogP contribution in [0.5, 0.6) is 0 Å². The molecule has 2 aromatic rings. The van der Waals surface area contributed by atoms with Crippen molar-refractivity contribution in [1.82, 2.24) is 0 Å².